The quantitative estimate of drug-likeness (QED) is 0.626. The molecule has 0 saturated carbocycles. The van der Waals surface area contributed by atoms with Crippen molar-refractivity contribution in [3.8, 4) is 0 Å². The summed E-state index contributed by atoms with van der Waals surface area (Å²) in [5, 5.41) is 1.09. The lowest BCUT2D eigenvalue weighted by atomic mass is 10.2. The van der Waals surface area contributed by atoms with Crippen LogP contribution in [0.15, 0.2) is 58.4 Å². The molecule has 0 aliphatic rings. The molecule has 0 heterocycles. The average molecular weight is 279 g/mol. The number of hydrogen-bond donors (Lipinski definition) is 0. The van der Waals surface area contributed by atoms with E-state index in [0.717, 1.165) is 5.41 Å². The zero-order chi connectivity index (χ0) is 14.5. The molecule has 19 heavy (non-hydrogen) atoms. The number of likely N-dealkylation sites (N-methyl/N-ethyl adjacent to an activating group) is 1. The second-order valence-electron chi connectivity index (χ2n) is 4.24. The molecule has 0 bridgehead atoms. The van der Waals surface area contributed by atoms with Crippen LogP contribution in [0.4, 0.5) is 0 Å². The van der Waals surface area contributed by atoms with Crippen LogP contribution in [-0.4, -0.2) is 33.3 Å². The van der Waals surface area contributed by atoms with Crippen molar-refractivity contribution in [1.29, 1.82) is 0 Å². The molecule has 1 rings (SSSR count). The van der Waals surface area contributed by atoms with Crippen LogP contribution in [0.1, 0.15) is 6.92 Å². The molecule has 0 aromatic heterocycles. The molecule has 0 atom stereocenters. The van der Waals surface area contributed by atoms with Crippen LogP contribution in [-0.2, 0) is 14.6 Å². The van der Waals surface area contributed by atoms with Gasteiger partial charge in [0.15, 0.2) is 9.84 Å². The van der Waals surface area contributed by atoms with E-state index in [-0.39, 0.29) is 10.8 Å². The zero-order valence-corrected chi connectivity index (χ0v) is 12.0. The van der Waals surface area contributed by atoms with Crippen molar-refractivity contribution in [3.63, 3.8) is 0 Å². The Hall–Kier alpha value is -1.88. The standard InChI is InChI=1S/C14H17NO3S/c1-12(14(16)15(2)3)8-7-11-19(17,18)13-9-5-4-6-10-13/h4-11H,1-3H3/b11-7+,12-8-. The van der Waals surface area contributed by atoms with E-state index in [1.54, 1.807) is 39.2 Å². The predicted octanol–water partition coefficient (Wildman–Crippen LogP) is 2.01. The molecule has 0 spiro atoms. The lowest BCUT2D eigenvalue weighted by Gasteiger charge is -2.09. The summed E-state index contributed by atoms with van der Waals surface area (Å²) in [4.78, 5) is 13.2. The van der Waals surface area contributed by atoms with Gasteiger partial charge >= 0.3 is 0 Å². The van der Waals surface area contributed by atoms with Crippen LogP contribution in [0.5, 0.6) is 0 Å². The van der Waals surface area contributed by atoms with Gasteiger partial charge in [0.1, 0.15) is 0 Å². The van der Waals surface area contributed by atoms with Crippen LogP contribution in [0.2, 0.25) is 0 Å². The molecule has 0 N–H and O–H groups in total. The van der Waals surface area contributed by atoms with Crippen LogP contribution >= 0.6 is 0 Å². The molecule has 5 heteroatoms. The van der Waals surface area contributed by atoms with Crippen molar-refractivity contribution < 1.29 is 13.2 Å². The van der Waals surface area contributed by atoms with E-state index in [0.29, 0.717) is 5.57 Å². The highest BCUT2D eigenvalue weighted by molar-refractivity contribution is 7.94. The predicted molar refractivity (Wildman–Crippen MR) is 75.2 cm³/mol. The molecular weight excluding hydrogens is 262 g/mol. The summed E-state index contributed by atoms with van der Waals surface area (Å²) >= 11 is 0. The third-order valence-electron chi connectivity index (χ3n) is 2.42. The lowest BCUT2D eigenvalue weighted by molar-refractivity contribution is -0.124. The Morgan fingerprint density at radius 3 is 2.26 bits per heavy atom. The fraction of sp³-hybridized carbons (Fsp3) is 0.214. The van der Waals surface area contributed by atoms with E-state index in [4.69, 9.17) is 0 Å². The number of benzene rings is 1. The van der Waals surface area contributed by atoms with Crippen LogP contribution in [0.25, 0.3) is 0 Å². The summed E-state index contributed by atoms with van der Waals surface area (Å²) in [5.74, 6) is -0.151. The number of hydrogen-bond acceptors (Lipinski definition) is 3. The fourth-order valence-electron chi connectivity index (χ4n) is 1.40. The number of rotatable bonds is 4. The first-order valence-corrected chi connectivity index (χ1v) is 7.26. The minimum atomic E-state index is -3.45. The topological polar surface area (TPSA) is 54.5 Å². The van der Waals surface area contributed by atoms with Crippen LogP contribution in [0, 0.1) is 0 Å². The van der Waals surface area contributed by atoms with Crippen LogP contribution in [0.3, 0.4) is 0 Å². The van der Waals surface area contributed by atoms with Gasteiger partial charge in [-0.1, -0.05) is 30.4 Å². The maximum Gasteiger partial charge on any atom is 0.248 e. The van der Waals surface area contributed by atoms with E-state index in [9.17, 15) is 13.2 Å². The Kier molecular flexibility index (Phi) is 5.06. The first-order valence-electron chi connectivity index (χ1n) is 5.71. The molecule has 0 aliphatic carbocycles. The molecule has 4 nitrogen and oxygen atoms in total. The van der Waals surface area contributed by atoms with Gasteiger partial charge in [-0.25, -0.2) is 8.42 Å². The molecule has 0 saturated heterocycles. The van der Waals surface area contributed by atoms with E-state index >= 15 is 0 Å². The fourth-order valence-corrected chi connectivity index (χ4v) is 2.38. The molecule has 1 aromatic carbocycles. The van der Waals surface area contributed by atoms with E-state index in [1.807, 2.05) is 0 Å². The Bertz CT molecular complexity index is 599. The first-order chi connectivity index (χ1) is 8.84. The number of allylic oxidation sites excluding steroid dienone is 2. The van der Waals surface area contributed by atoms with Gasteiger partial charge in [0.05, 0.1) is 4.90 Å². The van der Waals surface area contributed by atoms with Gasteiger partial charge < -0.3 is 4.90 Å². The van der Waals surface area contributed by atoms with E-state index in [2.05, 4.69) is 0 Å². The van der Waals surface area contributed by atoms with Gasteiger partial charge in [-0.2, -0.15) is 0 Å². The molecular formula is C14H17NO3S. The number of carbonyl (C=O) groups is 1. The second-order valence-corrected chi connectivity index (χ2v) is 6.07. The second kappa shape index (κ2) is 6.33. The van der Waals surface area contributed by atoms with Gasteiger partial charge in [0.25, 0.3) is 0 Å². The Morgan fingerprint density at radius 2 is 1.74 bits per heavy atom. The molecule has 0 fully saturated rings. The normalized spacial score (nSPS) is 12.7. The average Bonchev–Trinajstić information content (AvgIpc) is 2.38. The zero-order valence-electron chi connectivity index (χ0n) is 11.2. The van der Waals surface area contributed by atoms with Crippen molar-refractivity contribution in [2.45, 2.75) is 11.8 Å². The minimum Gasteiger partial charge on any atom is -0.345 e. The van der Waals surface area contributed by atoms with Crippen molar-refractivity contribution in [2.75, 3.05) is 14.1 Å². The summed E-state index contributed by atoms with van der Waals surface area (Å²) in [6.45, 7) is 1.64. The Morgan fingerprint density at radius 1 is 1.16 bits per heavy atom. The molecule has 0 radical (unpaired) electrons. The molecule has 1 amide bonds. The highest BCUT2D eigenvalue weighted by atomic mass is 32.2. The van der Waals surface area contributed by atoms with Crippen molar-refractivity contribution in [3.05, 3.63) is 53.5 Å². The molecule has 0 aliphatic heterocycles. The van der Waals surface area contributed by atoms with Gasteiger partial charge in [-0.3, -0.25) is 4.79 Å². The Balaban J connectivity index is 2.89. The summed E-state index contributed by atoms with van der Waals surface area (Å²) in [5.41, 5.74) is 0.476. The molecule has 1 aromatic rings. The van der Waals surface area contributed by atoms with Crippen molar-refractivity contribution in [2.24, 2.45) is 0 Å². The van der Waals surface area contributed by atoms with Gasteiger partial charge in [0.2, 0.25) is 5.91 Å². The summed E-state index contributed by atoms with van der Waals surface area (Å²) < 4.78 is 23.8. The number of carbonyl (C=O) groups excluding carboxylic acids is 1. The van der Waals surface area contributed by atoms with Crippen molar-refractivity contribution in [1.82, 2.24) is 4.90 Å². The van der Waals surface area contributed by atoms with Crippen LogP contribution < -0.4 is 0 Å². The largest absolute Gasteiger partial charge is 0.345 e. The maximum atomic E-state index is 11.9. The number of sulfone groups is 1. The van der Waals surface area contributed by atoms with E-state index in [1.165, 1.54) is 29.2 Å². The maximum absolute atomic E-state index is 11.9. The SMILES string of the molecule is C/C(=C/C=C/S(=O)(=O)c1ccccc1)C(=O)N(C)C. The lowest BCUT2D eigenvalue weighted by Crippen LogP contribution is -2.22. The monoisotopic (exact) mass is 279 g/mol. The first kappa shape index (κ1) is 15.2. The van der Waals surface area contributed by atoms with Gasteiger partial charge in [-0.15, -0.1) is 0 Å². The molecule has 102 valence electrons. The van der Waals surface area contributed by atoms with Crippen molar-refractivity contribution >= 4 is 15.7 Å². The number of amides is 1. The van der Waals surface area contributed by atoms with Gasteiger partial charge in [-0.05, 0) is 19.1 Å². The third kappa shape index (κ3) is 4.37. The smallest absolute Gasteiger partial charge is 0.248 e. The highest BCUT2D eigenvalue weighted by Crippen LogP contribution is 2.11. The summed E-state index contributed by atoms with van der Waals surface area (Å²) in [6.07, 6.45) is 2.86. The summed E-state index contributed by atoms with van der Waals surface area (Å²) in [6, 6.07) is 8.14. The highest BCUT2D eigenvalue weighted by Gasteiger charge is 2.09. The van der Waals surface area contributed by atoms with Gasteiger partial charge in [0, 0.05) is 25.1 Å². The van der Waals surface area contributed by atoms with E-state index < -0.39 is 9.84 Å². The summed E-state index contributed by atoms with van der Waals surface area (Å²) in [7, 11) is -0.166. The Labute approximate surface area is 114 Å². The number of nitrogens with zero attached hydrogens (tertiary/aromatic N) is 1. The minimum absolute atomic E-state index is 0.151. The third-order valence-corrected chi connectivity index (χ3v) is 3.86. The molecule has 0 unspecified atom stereocenters.